The van der Waals surface area contributed by atoms with Gasteiger partial charge in [-0.15, -0.1) is 0 Å². The molecule has 0 rings (SSSR count). The Labute approximate surface area is 138 Å². The monoisotopic (exact) mass is 363 g/mol. The quantitative estimate of drug-likeness (QED) is 0.450. The van der Waals surface area contributed by atoms with E-state index in [0.29, 0.717) is 0 Å². The van der Waals surface area contributed by atoms with Crippen molar-refractivity contribution >= 4 is 76.5 Å². The SMILES string of the molecule is [Eu].[O]=[Al][OH].[O]=[Al][OH].[SrH2]. The zero-order valence-corrected chi connectivity index (χ0v) is 7.98. The van der Waals surface area contributed by atoms with E-state index in [0.717, 1.165) is 0 Å². The number of hydrogen-bond acceptors (Lipinski definition) is 2. The van der Waals surface area contributed by atoms with Gasteiger partial charge in [0.2, 0.25) is 0 Å². The van der Waals surface area contributed by atoms with Crippen molar-refractivity contribution in [1.29, 1.82) is 0 Å². The van der Waals surface area contributed by atoms with Crippen molar-refractivity contribution in [3.05, 3.63) is 0 Å². The molecule has 43 valence electrons. The van der Waals surface area contributed by atoms with Crippen LogP contribution >= 0.6 is 0 Å². The van der Waals surface area contributed by atoms with E-state index in [1.807, 2.05) is 0 Å². The number of rotatable bonds is 0. The molecule has 4 nitrogen and oxygen atoms in total. The van der Waals surface area contributed by atoms with Gasteiger partial charge < -0.3 is 0 Å². The molecule has 0 aromatic carbocycles. The molecule has 0 spiro atoms. The molecule has 0 atom stereocenters. The molecule has 8 heavy (non-hydrogen) atoms. The van der Waals surface area contributed by atoms with Gasteiger partial charge in [0.15, 0.2) is 0 Å². The summed E-state index contributed by atoms with van der Waals surface area (Å²) in [5, 5.41) is 0. The van der Waals surface area contributed by atoms with Gasteiger partial charge in [0.1, 0.15) is 0 Å². The molecule has 0 heterocycles. The Morgan fingerprint density at radius 3 is 1.00 bits per heavy atom. The summed E-state index contributed by atoms with van der Waals surface area (Å²) in [7, 11) is 0. The van der Waals surface area contributed by atoms with Crippen molar-refractivity contribution in [3.8, 4) is 0 Å². The maximum absolute atomic E-state index is 8.57. The van der Waals surface area contributed by atoms with E-state index in [-0.39, 0.29) is 94.9 Å². The molecule has 0 aliphatic heterocycles. The summed E-state index contributed by atoms with van der Waals surface area (Å²) in [6.45, 7) is 0. The Kier molecular flexibility index (Phi) is 89.0. The first kappa shape index (κ1) is 22.5. The third-order valence-electron chi connectivity index (χ3n) is 0. The Morgan fingerprint density at radius 2 is 1.00 bits per heavy atom. The van der Waals surface area contributed by atoms with Gasteiger partial charge in [-0.1, -0.05) is 0 Å². The second kappa shape index (κ2) is 31.7. The fraction of sp³-hybridized carbons (Fsp3) is 0. The minimum atomic E-state index is -1.50. The number of hydrogen-bond donors (Lipinski definition) is 2. The van der Waals surface area contributed by atoms with E-state index in [9.17, 15) is 0 Å². The summed E-state index contributed by atoms with van der Waals surface area (Å²) in [5.74, 6) is 0. The van der Waals surface area contributed by atoms with Crippen LogP contribution in [0, 0.1) is 49.4 Å². The van der Waals surface area contributed by atoms with Crippen molar-refractivity contribution < 1.29 is 65.3 Å². The molecule has 2 N–H and O–H groups in total. The van der Waals surface area contributed by atoms with Gasteiger partial charge >= 0.3 is 92.4 Å². The summed E-state index contributed by atoms with van der Waals surface area (Å²) in [4.78, 5) is 0. The van der Waals surface area contributed by atoms with Crippen molar-refractivity contribution in [2.45, 2.75) is 0 Å². The molecule has 1 radical (unpaired) electrons. The van der Waals surface area contributed by atoms with Gasteiger partial charge in [0, 0.05) is 49.4 Å². The van der Waals surface area contributed by atoms with Crippen molar-refractivity contribution in [2.75, 3.05) is 0 Å². The first-order valence-corrected chi connectivity index (χ1v) is 2.96. The average molecular weight is 362 g/mol. The molecule has 0 amide bonds. The molecule has 0 aliphatic rings. The standard InChI is InChI=1S/2Al.Eu.2H2O.2O.Sr.2H/h;;;2*1H2;;;;;/q2*+1;;;;;;;;/p-2. The fourth-order valence-corrected chi connectivity index (χ4v) is 0. The van der Waals surface area contributed by atoms with Gasteiger partial charge in [0.05, 0.1) is 0 Å². The third-order valence-corrected chi connectivity index (χ3v) is 0. The van der Waals surface area contributed by atoms with Crippen LogP contribution in [0.5, 0.6) is 0 Å². The Balaban J connectivity index is -0.0000000160. The molecule has 8 heteroatoms. The molecule has 0 saturated carbocycles. The van der Waals surface area contributed by atoms with E-state index >= 15 is 0 Å². The van der Waals surface area contributed by atoms with Crippen LogP contribution in [0.1, 0.15) is 0 Å². The van der Waals surface area contributed by atoms with Gasteiger partial charge in [0.25, 0.3) is 0 Å². The summed E-state index contributed by atoms with van der Waals surface area (Å²) in [5.41, 5.74) is 0. The second-order valence-corrected chi connectivity index (χ2v) is 0.632. The summed E-state index contributed by atoms with van der Waals surface area (Å²) >= 11 is -3.00. The van der Waals surface area contributed by atoms with Crippen LogP contribution in [-0.4, -0.2) is 84.8 Å². The topological polar surface area (TPSA) is 74.6 Å². The maximum atomic E-state index is 8.57. The first-order chi connectivity index (χ1) is 2.83. The molecule has 0 fully saturated rings. The Bertz CT molecular complexity index is 35.0. The van der Waals surface area contributed by atoms with Crippen LogP contribution in [0.3, 0.4) is 0 Å². The van der Waals surface area contributed by atoms with Crippen LogP contribution in [0.25, 0.3) is 0 Å². The van der Waals surface area contributed by atoms with Crippen LogP contribution in [-0.2, 0) is 7.61 Å². The van der Waals surface area contributed by atoms with Crippen LogP contribution in [0.2, 0.25) is 0 Å². The van der Waals surface area contributed by atoms with Gasteiger partial charge in [-0.05, 0) is 0 Å². The van der Waals surface area contributed by atoms with Gasteiger partial charge in [-0.3, -0.25) is 0 Å². The summed E-state index contributed by atoms with van der Waals surface area (Å²) < 4.78 is 31.3. The van der Waals surface area contributed by atoms with Crippen molar-refractivity contribution in [3.63, 3.8) is 0 Å². The fourth-order valence-electron chi connectivity index (χ4n) is 0. The van der Waals surface area contributed by atoms with Crippen LogP contribution < -0.4 is 0 Å². The van der Waals surface area contributed by atoms with Gasteiger partial charge in [-0.25, -0.2) is 0 Å². The first-order valence-electron chi connectivity index (χ1n) is 0.988. The van der Waals surface area contributed by atoms with Crippen molar-refractivity contribution in [1.82, 2.24) is 0 Å². The predicted molar refractivity (Wildman–Crippen MR) is 25.9 cm³/mol. The van der Waals surface area contributed by atoms with E-state index in [4.69, 9.17) is 15.9 Å². The van der Waals surface area contributed by atoms with Crippen LogP contribution in [0.4, 0.5) is 0 Å². The third kappa shape index (κ3) is 58.4. The Hall–Kier alpha value is 3.33. The molecule has 0 aliphatic carbocycles. The zero-order valence-electron chi connectivity index (χ0n) is 3.24. The minimum absolute atomic E-state index is 0. The normalized spacial score (nSPS) is 2.00. The average Bonchev–Trinajstić information content (AvgIpc) is 1.39. The molecule has 0 aromatic rings. The Morgan fingerprint density at radius 1 is 1.00 bits per heavy atom. The van der Waals surface area contributed by atoms with Crippen molar-refractivity contribution in [2.24, 2.45) is 0 Å². The summed E-state index contributed by atoms with van der Waals surface area (Å²) in [6.07, 6.45) is 0. The molecular formula is H4Al2EuO4Sr. The predicted octanol–water partition coefficient (Wildman–Crippen LogP) is -3.03. The molecule has 0 unspecified atom stereocenters. The molecular weight excluding hydrogens is 358 g/mol. The van der Waals surface area contributed by atoms with Crippen LogP contribution in [0.15, 0.2) is 0 Å². The van der Waals surface area contributed by atoms with E-state index in [2.05, 4.69) is 0 Å². The molecule has 0 bridgehead atoms. The van der Waals surface area contributed by atoms with Gasteiger partial charge in [-0.2, -0.15) is 0 Å². The molecule has 0 aromatic heterocycles. The summed E-state index contributed by atoms with van der Waals surface area (Å²) in [6, 6.07) is 0. The second-order valence-electron chi connectivity index (χ2n) is 0.211. The molecule has 0 saturated heterocycles. The zero-order chi connectivity index (χ0) is 5.41. The van der Waals surface area contributed by atoms with E-state index in [1.165, 1.54) is 0 Å². The van der Waals surface area contributed by atoms with E-state index in [1.54, 1.807) is 0 Å². The van der Waals surface area contributed by atoms with E-state index < -0.39 is 31.0 Å².